The Morgan fingerprint density at radius 2 is 1.80 bits per heavy atom. The van der Waals surface area contributed by atoms with Crippen molar-refractivity contribution in [2.75, 3.05) is 6.61 Å². The van der Waals surface area contributed by atoms with Crippen LogP contribution in [0.2, 0.25) is 5.02 Å². The summed E-state index contributed by atoms with van der Waals surface area (Å²) >= 11 is 6.48. The fourth-order valence-corrected chi connectivity index (χ4v) is 3.89. The van der Waals surface area contributed by atoms with Crippen LogP contribution in [0.15, 0.2) is 66.4 Å². The Kier molecular flexibility index (Phi) is 7.36. The molecule has 1 heterocycles. The standard InChI is InChI=1S/C27H24ClFN2O4/c1-3-34-24-14-20(12-22(28)25(24)35-16-19-5-4-6-21(29)11-19)13-23-26(32)31(27(33)30-23)15-18-9-7-17(2)8-10-18/h4-14H,3,15-16H2,1-2H3,(H,30,33)/b23-13+. The van der Waals surface area contributed by atoms with Crippen LogP contribution in [0.1, 0.15) is 29.2 Å². The molecule has 3 amide bonds. The summed E-state index contributed by atoms with van der Waals surface area (Å²) in [7, 11) is 0. The molecule has 6 nitrogen and oxygen atoms in total. The van der Waals surface area contributed by atoms with Crippen LogP contribution in [0, 0.1) is 12.7 Å². The van der Waals surface area contributed by atoms with Gasteiger partial charge in [-0.1, -0.05) is 53.6 Å². The number of rotatable bonds is 8. The molecule has 0 saturated carbocycles. The zero-order valence-corrected chi connectivity index (χ0v) is 20.1. The van der Waals surface area contributed by atoms with Gasteiger partial charge < -0.3 is 14.8 Å². The number of nitrogens with zero attached hydrogens (tertiary/aromatic N) is 1. The summed E-state index contributed by atoms with van der Waals surface area (Å²) < 4.78 is 25.0. The minimum absolute atomic E-state index is 0.0977. The highest BCUT2D eigenvalue weighted by atomic mass is 35.5. The summed E-state index contributed by atoms with van der Waals surface area (Å²) in [6, 6.07) is 16.5. The zero-order valence-electron chi connectivity index (χ0n) is 19.3. The molecule has 180 valence electrons. The first-order valence-electron chi connectivity index (χ1n) is 11.1. The highest BCUT2D eigenvalue weighted by molar-refractivity contribution is 6.32. The van der Waals surface area contributed by atoms with Crippen LogP contribution in [0.3, 0.4) is 0 Å². The van der Waals surface area contributed by atoms with Crippen molar-refractivity contribution in [2.24, 2.45) is 0 Å². The molecule has 0 aromatic heterocycles. The third-order valence-electron chi connectivity index (χ3n) is 5.34. The van der Waals surface area contributed by atoms with Crippen LogP contribution in [0.5, 0.6) is 11.5 Å². The van der Waals surface area contributed by atoms with E-state index < -0.39 is 11.9 Å². The van der Waals surface area contributed by atoms with E-state index in [2.05, 4.69) is 5.32 Å². The Morgan fingerprint density at radius 1 is 1.03 bits per heavy atom. The third kappa shape index (κ3) is 5.81. The summed E-state index contributed by atoms with van der Waals surface area (Å²) in [5.74, 6) is -0.112. The SMILES string of the molecule is CCOc1cc(/C=C2/NC(=O)N(Cc3ccc(C)cc3)C2=O)cc(Cl)c1OCc1cccc(F)c1. The van der Waals surface area contributed by atoms with Crippen molar-refractivity contribution in [3.8, 4) is 11.5 Å². The van der Waals surface area contributed by atoms with Crippen molar-refractivity contribution < 1.29 is 23.5 Å². The Balaban J connectivity index is 1.55. The number of hydrogen-bond donors (Lipinski definition) is 1. The van der Waals surface area contributed by atoms with Gasteiger partial charge in [0.1, 0.15) is 18.1 Å². The van der Waals surface area contributed by atoms with E-state index >= 15 is 0 Å². The predicted octanol–water partition coefficient (Wildman–Crippen LogP) is 5.86. The molecular weight excluding hydrogens is 471 g/mol. The molecular formula is C27H24ClFN2O4. The molecule has 1 N–H and O–H groups in total. The number of nitrogens with one attached hydrogen (secondary N) is 1. The van der Waals surface area contributed by atoms with Crippen molar-refractivity contribution >= 4 is 29.6 Å². The molecule has 1 saturated heterocycles. The number of hydrogen-bond acceptors (Lipinski definition) is 4. The molecule has 1 aliphatic heterocycles. The van der Waals surface area contributed by atoms with Gasteiger partial charge in [-0.25, -0.2) is 9.18 Å². The van der Waals surface area contributed by atoms with Gasteiger partial charge in [0.25, 0.3) is 5.91 Å². The molecule has 0 spiro atoms. The Labute approximate surface area is 207 Å². The molecule has 3 aromatic rings. The number of benzene rings is 3. The fraction of sp³-hybridized carbons (Fsp3) is 0.185. The number of urea groups is 1. The van der Waals surface area contributed by atoms with Gasteiger partial charge in [-0.05, 0) is 60.9 Å². The van der Waals surface area contributed by atoms with E-state index in [0.29, 0.717) is 29.2 Å². The summed E-state index contributed by atoms with van der Waals surface area (Å²) in [6.07, 6.45) is 1.54. The van der Waals surface area contributed by atoms with E-state index in [0.717, 1.165) is 16.0 Å². The van der Waals surface area contributed by atoms with E-state index in [-0.39, 0.29) is 29.7 Å². The first kappa shape index (κ1) is 24.3. The maximum absolute atomic E-state index is 13.5. The largest absolute Gasteiger partial charge is 0.490 e. The molecule has 1 fully saturated rings. The number of carbonyl (C=O) groups excluding carboxylic acids is 2. The number of ether oxygens (including phenoxy) is 2. The third-order valence-corrected chi connectivity index (χ3v) is 5.62. The summed E-state index contributed by atoms with van der Waals surface area (Å²) in [5.41, 5.74) is 3.27. The summed E-state index contributed by atoms with van der Waals surface area (Å²) in [4.78, 5) is 26.5. The Morgan fingerprint density at radius 3 is 2.51 bits per heavy atom. The summed E-state index contributed by atoms with van der Waals surface area (Å²) in [5, 5.41) is 2.88. The van der Waals surface area contributed by atoms with Crippen LogP contribution >= 0.6 is 11.6 Å². The molecule has 0 unspecified atom stereocenters. The van der Waals surface area contributed by atoms with Crippen LogP contribution in [-0.2, 0) is 17.9 Å². The molecule has 3 aromatic carbocycles. The highest BCUT2D eigenvalue weighted by Gasteiger charge is 2.33. The second-order valence-electron chi connectivity index (χ2n) is 8.05. The molecule has 4 rings (SSSR count). The van der Waals surface area contributed by atoms with Crippen LogP contribution in [0.25, 0.3) is 6.08 Å². The van der Waals surface area contributed by atoms with E-state index in [4.69, 9.17) is 21.1 Å². The van der Waals surface area contributed by atoms with Gasteiger partial charge in [-0.3, -0.25) is 9.69 Å². The second-order valence-corrected chi connectivity index (χ2v) is 8.45. The maximum Gasteiger partial charge on any atom is 0.329 e. The second kappa shape index (κ2) is 10.6. The van der Waals surface area contributed by atoms with Crippen molar-refractivity contribution in [2.45, 2.75) is 27.0 Å². The van der Waals surface area contributed by atoms with Gasteiger partial charge in [0.15, 0.2) is 11.5 Å². The quantitative estimate of drug-likeness (QED) is 0.314. The lowest BCUT2D eigenvalue weighted by atomic mass is 10.1. The molecule has 0 aliphatic carbocycles. The fourth-order valence-electron chi connectivity index (χ4n) is 3.61. The minimum atomic E-state index is -0.493. The maximum atomic E-state index is 13.5. The van der Waals surface area contributed by atoms with Crippen LogP contribution in [-0.4, -0.2) is 23.4 Å². The normalized spacial score (nSPS) is 14.4. The van der Waals surface area contributed by atoms with E-state index in [1.54, 1.807) is 30.3 Å². The average molecular weight is 495 g/mol. The van der Waals surface area contributed by atoms with E-state index in [1.165, 1.54) is 12.1 Å². The molecule has 8 heteroatoms. The van der Waals surface area contributed by atoms with Crippen molar-refractivity contribution in [3.05, 3.63) is 99.5 Å². The van der Waals surface area contributed by atoms with E-state index in [9.17, 15) is 14.0 Å². The topological polar surface area (TPSA) is 67.9 Å². The Bertz CT molecular complexity index is 1290. The zero-order chi connectivity index (χ0) is 24.9. The number of imide groups is 1. The lowest BCUT2D eigenvalue weighted by Crippen LogP contribution is -2.30. The first-order chi connectivity index (χ1) is 16.8. The van der Waals surface area contributed by atoms with Gasteiger partial charge >= 0.3 is 6.03 Å². The minimum Gasteiger partial charge on any atom is -0.490 e. The average Bonchev–Trinajstić information content (AvgIpc) is 3.07. The van der Waals surface area contributed by atoms with Gasteiger partial charge in [0, 0.05) is 0 Å². The van der Waals surface area contributed by atoms with Crippen molar-refractivity contribution in [1.82, 2.24) is 10.2 Å². The van der Waals surface area contributed by atoms with Crippen molar-refractivity contribution in [3.63, 3.8) is 0 Å². The number of aryl methyl sites for hydroxylation is 1. The van der Waals surface area contributed by atoms with Crippen LogP contribution in [0.4, 0.5) is 9.18 Å². The highest BCUT2D eigenvalue weighted by Crippen LogP contribution is 2.38. The molecule has 0 bridgehead atoms. The lowest BCUT2D eigenvalue weighted by molar-refractivity contribution is -0.123. The molecule has 1 aliphatic rings. The smallest absolute Gasteiger partial charge is 0.329 e. The molecule has 35 heavy (non-hydrogen) atoms. The number of halogens is 2. The number of amides is 3. The monoisotopic (exact) mass is 494 g/mol. The van der Waals surface area contributed by atoms with Crippen molar-refractivity contribution in [1.29, 1.82) is 0 Å². The number of carbonyl (C=O) groups is 2. The lowest BCUT2D eigenvalue weighted by Gasteiger charge is -2.15. The first-order valence-corrected chi connectivity index (χ1v) is 11.5. The summed E-state index contributed by atoms with van der Waals surface area (Å²) in [6.45, 7) is 4.41. The van der Waals surface area contributed by atoms with Gasteiger partial charge in [0.05, 0.1) is 18.2 Å². The van der Waals surface area contributed by atoms with Gasteiger partial charge in [-0.15, -0.1) is 0 Å². The van der Waals surface area contributed by atoms with Crippen LogP contribution < -0.4 is 14.8 Å². The molecule has 0 radical (unpaired) electrons. The van der Waals surface area contributed by atoms with E-state index in [1.807, 2.05) is 38.1 Å². The Hall–Kier alpha value is -3.84. The van der Waals surface area contributed by atoms with Gasteiger partial charge in [-0.2, -0.15) is 0 Å². The molecule has 0 atom stereocenters. The predicted molar refractivity (Wildman–Crippen MR) is 132 cm³/mol. The van der Waals surface area contributed by atoms with Gasteiger partial charge in [0.2, 0.25) is 0 Å².